The van der Waals surface area contributed by atoms with Gasteiger partial charge in [-0.3, -0.25) is 4.79 Å². The van der Waals surface area contributed by atoms with Gasteiger partial charge in [0, 0.05) is 7.11 Å². The highest BCUT2D eigenvalue weighted by atomic mass is 16.5. The number of methoxy groups -OCH3 is 2. The van der Waals surface area contributed by atoms with E-state index in [0.29, 0.717) is 11.8 Å². The lowest BCUT2D eigenvalue weighted by atomic mass is 9.42. The third-order valence-corrected chi connectivity index (χ3v) is 7.25. The van der Waals surface area contributed by atoms with Crippen molar-refractivity contribution >= 4 is 11.9 Å². The van der Waals surface area contributed by atoms with Crippen LogP contribution in [0.3, 0.4) is 0 Å². The minimum atomic E-state index is -1.05. The summed E-state index contributed by atoms with van der Waals surface area (Å²) in [6, 6.07) is 8.33. The molecule has 0 aliphatic heterocycles. The number of carbonyl (C=O) groups excluding carboxylic acids is 1. The molecule has 5 rings (SSSR count). The summed E-state index contributed by atoms with van der Waals surface area (Å²) >= 11 is 0. The molecule has 4 aliphatic rings. The molecule has 4 bridgehead atoms. The molecular formula is C22H29NO5. The Bertz CT molecular complexity index is 745. The van der Waals surface area contributed by atoms with Gasteiger partial charge in [-0.15, -0.1) is 0 Å². The molecular weight excluding hydrogens is 358 g/mol. The van der Waals surface area contributed by atoms with Gasteiger partial charge in [-0.25, -0.2) is 4.79 Å². The number of amides is 1. The lowest BCUT2D eigenvalue weighted by Crippen LogP contribution is -2.59. The van der Waals surface area contributed by atoms with Crippen LogP contribution in [0.2, 0.25) is 0 Å². The zero-order valence-corrected chi connectivity index (χ0v) is 16.6. The second kappa shape index (κ2) is 7.07. The molecule has 6 nitrogen and oxygen atoms in total. The lowest BCUT2D eigenvalue weighted by molar-refractivity contribution is -0.152. The second-order valence-corrected chi connectivity index (χ2v) is 9.02. The van der Waals surface area contributed by atoms with E-state index in [0.717, 1.165) is 37.9 Å². The first-order chi connectivity index (χ1) is 13.4. The van der Waals surface area contributed by atoms with E-state index in [-0.39, 0.29) is 23.3 Å². The van der Waals surface area contributed by atoms with Crippen LogP contribution >= 0.6 is 0 Å². The standard InChI is InChI=1S/C22H29NO5/c1-27-17-5-3-16(4-6-17)21-8-14-7-15(9-21)11-22(10-14,13-21)20(26)23-12-18(28-2)19(24)25/h3-6,14-15,18H,7-13H2,1-2H3,(H,23,26)(H,24,25). The van der Waals surface area contributed by atoms with E-state index >= 15 is 0 Å². The summed E-state index contributed by atoms with van der Waals surface area (Å²) in [5.41, 5.74) is 0.960. The van der Waals surface area contributed by atoms with Gasteiger partial charge >= 0.3 is 5.97 Å². The van der Waals surface area contributed by atoms with Gasteiger partial charge in [-0.05, 0) is 73.5 Å². The maximum absolute atomic E-state index is 13.2. The number of carboxylic acids is 1. The highest BCUT2D eigenvalue weighted by Crippen LogP contribution is 2.65. The van der Waals surface area contributed by atoms with Crippen LogP contribution in [0, 0.1) is 17.3 Å². The molecule has 0 aromatic heterocycles. The third-order valence-electron chi connectivity index (χ3n) is 7.25. The van der Waals surface area contributed by atoms with Crippen LogP contribution in [0.4, 0.5) is 0 Å². The van der Waals surface area contributed by atoms with Crippen molar-refractivity contribution in [2.45, 2.75) is 50.0 Å². The van der Waals surface area contributed by atoms with Crippen molar-refractivity contribution in [1.29, 1.82) is 0 Å². The maximum atomic E-state index is 13.2. The van der Waals surface area contributed by atoms with Crippen LogP contribution in [0.15, 0.2) is 24.3 Å². The Kier molecular flexibility index (Phi) is 4.86. The van der Waals surface area contributed by atoms with Crippen LogP contribution in [0.1, 0.15) is 44.1 Å². The number of carboxylic acid groups (broad SMARTS) is 1. The molecule has 0 spiro atoms. The van der Waals surface area contributed by atoms with E-state index in [1.54, 1.807) is 7.11 Å². The Hall–Kier alpha value is -2.08. The van der Waals surface area contributed by atoms with Gasteiger partial charge in [0.15, 0.2) is 6.10 Å². The highest BCUT2D eigenvalue weighted by Gasteiger charge is 2.60. The van der Waals surface area contributed by atoms with Crippen molar-refractivity contribution in [3.8, 4) is 5.75 Å². The molecule has 28 heavy (non-hydrogen) atoms. The topological polar surface area (TPSA) is 84.9 Å². The van der Waals surface area contributed by atoms with Crippen LogP contribution in [-0.4, -0.2) is 43.9 Å². The number of rotatable bonds is 7. The Labute approximate surface area is 165 Å². The van der Waals surface area contributed by atoms with Crippen molar-refractivity contribution in [2.75, 3.05) is 20.8 Å². The predicted molar refractivity (Wildman–Crippen MR) is 103 cm³/mol. The zero-order valence-electron chi connectivity index (χ0n) is 16.6. The fourth-order valence-corrected chi connectivity index (χ4v) is 6.45. The number of hydrogen-bond acceptors (Lipinski definition) is 4. The van der Waals surface area contributed by atoms with Gasteiger partial charge in [0.2, 0.25) is 5.91 Å². The second-order valence-electron chi connectivity index (χ2n) is 9.02. The summed E-state index contributed by atoms with van der Waals surface area (Å²) in [6.45, 7) is 0.0112. The summed E-state index contributed by atoms with van der Waals surface area (Å²) in [5, 5.41) is 12.1. The summed E-state index contributed by atoms with van der Waals surface area (Å²) < 4.78 is 10.3. The van der Waals surface area contributed by atoms with E-state index in [4.69, 9.17) is 14.6 Å². The van der Waals surface area contributed by atoms with Crippen LogP contribution in [0.25, 0.3) is 0 Å². The first-order valence-electron chi connectivity index (χ1n) is 10.1. The number of aliphatic carboxylic acids is 1. The smallest absolute Gasteiger partial charge is 0.334 e. The van der Waals surface area contributed by atoms with Gasteiger partial charge < -0.3 is 19.9 Å². The van der Waals surface area contributed by atoms with Crippen molar-refractivity contribution < 1.29 is 24.2 Å². The molecule has 152 valence electrons. The van der Waals surface area contributed by atoms with E-state index in [1.807, 2.05) is 12.1 Å². The molecule has 4 aliphatic carbocycles. The minimum absolute atomic E-state index is 0.00258. The molecule has 0 heterocycles. The number of nitrogens with one attached hydrogen (secondary N) is 1. The average molecular weight is 387 g/mol. The Morgan fingerprint density at radius 3 is 2.32 bits per heavy atom. The summed E-state index contributed by atoms with van der Waals surface area (Å²) in [7, 11) is 3.03. The molecule has 3 unspecified atom stereocenters. The number of hydrogen-bond donors (Lipinski definition) is 2. The fraction of sp³-hybridized carbons (Fsp3) is 0.636. The van der Waals surface area contributed by atoms with Gasteiger partial charge in [0.1, 0.15) is 5.75 Å². The number of ether oxygens (including phenoxy) is 2. The molecule has 1 aromatic rings. The van der Waals surface area contributed by atoms with Gasteiger partial charge in [-0.1, -0.05) is 12.1 Å². The zero-order chi connectivity index (χ0) is 19.9. The highest BCUT2D eigenvalue weighted by molar-refractivity contribution is 5.84. The summed E-state index contributed by atoms with van der Waals surface area (Å²) in [4.78, 5) is 24.4. The van der Waals surface area contributed by atoms with Gasteiger partial charge in [0.05, 0.1) is 19.1 Å². The quantitative estimate of drug-likeness (QED) is 0.751. The first-order valence-corrected chi connectivity index (χ1v) is 10.1. The molecule has 3 atom stereocenters. The fourth-order valence-electron chi connectivity index (χ4n) is 6.45. The average Bonchev–Trinajstić information content (AvgIpc) is 2.67. The number of benzene rings is 1. The van der Waals surface area contributed by atoms with Gasteiger partial charge in [0.25, 0.3) is 0 Å². The van der Waals surface area contributed by atoms with E-state index in [1.165, 1.54) is 19.1 Å². The SMILES string of the molecule is COc1ccc(C23CC4CC(CC(C(=O)NCC(OC)C(=O)O)(C4)C2)C3)cc1. The molecule has 2 N–H and O–H groups in total. The van der Waals surface area contributed by atoms with Crippen molar-refractivity contribution in [3.63, 3.8) is 0 Å². The first kappa shape index (κ1) is 19.2. The Morgan fingerprint density at radius 1 is 1.14 bits per heavy atom. The van der Waals surface area contributed by atoms with Gasteiger partial charge in [-0.2, -0.15) is 0 Å². The Morgan fingerprint density at radius 2 is 1.79 bits per heavy atom. The Balaban J connectivity index is 1.56. The molecule has 6 heteroatoms. The van der Waals surface area contributed by atoms with Crippen molar-refractivity contribution in [2.24, 2.45) is 17.3 Å². The summed E-state index contributed by atoms with van der Waals surface area (Å²) in [6.07, 6.45) is 5.16. The minimum Gasteiger partial charge on any atom is -0.497 e. The third kappa shape index (κ3) is 3.17. The van der Waals surface area contributed by atoms with E-state index in [9.17, 15) is 9.59 Å². The summed E-state index contributed by atoms with van der Waals surface area (Å²) in [5.74, 6) is 0.921. The van der Waals surface area contributed by atoms with Crippen molar-refractivity contribution in [1.82, 2.24) is 5.32 Å². The monoisotopic (exact) mass is 387 g/mol. The lowest BCUT2D eigenvalue weighted by Gasteiger charge is -2.61. The van der Waals surface area contributed by atoms with E-state index < -0.39 is 12.1 Å². The maximum Gasteiger partial charge on any atom is 0.334 e. The molecule has 1 aromatic carbocycles. The largest absolute Gasteiger partial charge is 0.497 e. The molecule has 0 saturated heterocycles. The van der Waals surface area contributed by atoms with E-state index in [2.05, 4.69) is 17.4 Å². The molecule has 1 amide bonds. The molecule has 4 fully saturated rings. The van der Waals surface area contributed by atoms with Crippen LogP contribution in [-0.2, 0) is 19.7 Å². The molecule has 4 saturated carbocycles. The normalized spacial score (nSPS) is 34.1. The number of carbonyl (C=O) groups is 2. The predicted octanol–water partition coefficient (Wildman–Crippen LogP) is 2.75. The van der Waals surface area contributed by atoms with Crippen LogP contribution < -0.4 is 10.1 Å². The molecule has 0 radical (unpaired) electrons. The van der Waals surface area contributed by atoms with Crippen LogP contribution in [0.5, 0.6) is 5.75 Å². The van der Waals surface area contributed by atoms with Crippen molar-refractivity contribution in [3.05, 3.63) is 29.8 Å².